The largest absolute Gasteiger partial charge is 0.330 e. The topological polar surface area (TPSA) is 60.9 Å². The Balaban J connectivity index is 2.32. The SMILES string of the molecule is Cc1ccccc1-c1nc2ccccc2c(=O)n1CCCN. The number of aryl methyl sites for hydroxylation is 1. The van der Waals surface area contributed by atoms with E-state index < -0.39 is 0 Å². The van der Waals surface area contributed by atoms with E-state index in [1.165, 1.54) is 0 Å². The van der Waals surface area contributed by atoms with Crippen LogP contribution < -0.4 is 11.3 Å². The van der Waals surface area contributed by atoms with Gasteiger partial charge in [0, 0.05) is 12.1 Å². The van der Waals surface area contributed by atoms with Gasteiger partial charge in [-0.25, -0.2) is 4.98 Å². The van der Waals surface area contributed by atoms with Crippen molar-refractivity contribution in [2.24, 2.45) is 5.73 Å². The maximum Gasteiger partial charge on any atom is 0.261 e. The first-order chi connectivity index (χ1) is 10.7. The van der Waals surface area contributed by atoms with Crippen molar-refractivity contribution in [2.45, 2.75) is 19.9 Å². The number of benzene rings is 2. The van der Waals surface area contributed by atoms with Crippen LogP contribution in [-0.2, 0) is 6.54 Å². The van der Waals surface area contributed by atoms with Crippen molar-refractivity contribution < 1.29 is 0 Å². The normalized spacial score (nSPS) is 11.0. The fraction of sp³-hybridized carbons (Fsp3) is 0.222. The molecule has 2 N–H and O–H groups in total. The van der Waals surface area contributed by atoms with Crippen LogP contribution in [0, 0.1) is 6.92 Å². The summed E-state index contributed by atoms with van der Waals surface area (Å²) in [5, 5.41) is 0.650. The summed E-state index contributed by atoms with van der Waals surface area (Å²) in [5.74, 6) is 0.718. The first-order valence-corrected chi connectivity index (χ1v) is 7.48. The minimum Gasteiger partial charge on any atom is -0.330 e. The van der Waals surface area contributed by atoms with Gasteiger partial charge in [0.2, 0.25) is 0 Å². The maximum atomic E-state index is 12.8. The van der Waals surface area contributed by atoms with Gasteiger partial charge in [0.15, 0.2) is 0 Å². The van der Waals surface area contributed by atoms with Crippen LogP contribution >= 0.6 is 0 Å². The third kappa shape index (κ3) is 2.53. The highest BCUT2D eigenvalue weighted by Gasteiger charge is 2.13. The van der Waals surface area contributed by atoms with E-state index in [2.05, 4.69) is 0 Å². The molecule has 0 aliphatic carbocycles. The molecule has 3 rings (SSSR count). The molecule has 3 aromatic rings. The number of para-hydroxylation sites is 1. The van der Waals surface area contributed by atoms with E-state index in [1.54, 1.807) is 4.57 Å². The van der Waals surface area contributed by atoms with Crippen molar-refractivity contribution >= 4 is 10.9 Å². The quantitative estimate of drug-likeness (QED) is 0.804. The third-order valence-corrected chi connectivity index (χ3v) is 3.83. The molecule has 0 aliphatic rings. The average molecular weight is 293 g/mol. The Morgan fingerprint density at radius 3 is 2.59 bits per heavy atom. The van der Waals surface area contributed by atoms with Crippen LogP contribution in [0.3, 0.4) is 0 Å². The van der Waals surface area contributed by atoms with Gasteiger partial charge in [-0.3, -0.25) is 9.36 Å². The van der Waals surface area contributed by atoms with Gasteiger partial charge < -0.3 is 5.73 Å². The second-order valence-corrected chi connectivity index (χ2v) is 5.37. The summed E-state index contributed by atoms with van der Waals surface area (Å²) in [4.78, 5) is 17.6. The molecule has 0 amide bonds. The van der Waals surface area contributed by atoms with E-state index in [-0.39, 0.29) is 5.56 Å². The van der Waals surface area contributed by atoms with Crippen molar-refractivity contribution in [3.63, 3.8) is 0 Å². The van der Waals surface area contributed by atoms with Crippen LogP contribution in [0.5, 0.6) is 0 Å². The van der Waals surface area contributed by atoms with E-state index in [0.29, 0.717) is 18.5 Å². The molecular weight excluding hydrogens is 274 g/mol. The number of nitrogens with two attached hydrogens (primary N) is 1. The molecule has 112 valence electrons. The number of aromatic nitrogens is 2. The summed E-state index contributed by atoms with van der Waals surface area (Å²) in [5.41, 5.74) is 8.44. The van der Waals surface area contributed by atoms with Crippen LogP contribution in [-0.4, -0.2) is 16.1 Å². The lowest BCUT2D eigenvalue weighted by atomic mass is 10.1. The second-order valence-electron chi connectivity index (χ2n) is 5.37. The summed E-state index contributed by atoms with van der Waals surface area (Å²) in [6, 6.07) is 15.5. The number of fused-ring (bicyclic) bond motifs is 1. The van der Waals surface area contributed by atoms with E-state index in [9.17, 15) is 4.79 Å². The van der Waals surface area contributed by atoms with Crippen molar-refractivity contribution in [2.75, 3.05) is 6.54 Å². The number of hydrogen-bond donors (Lipinski definition) is 1. The second kappa shape index (κ2) is 6.12. The van der Waals surface area contributed by atoms with Gasteiger partial charge in [0.25, 0.3) is 5.56 Å². The minimum atomic E-state index is -0.00250. The number of hydrogen-bond acceptors (Lipinski definition) is 3. The molecule has 22 heavy (non-hydrogen) atoms. The molecule has 4 heteroatoms. The first-order valence-electron chi connectivity index (χ1n) is 7.48. The highest BCUT2D eigenvalue weighted by atomic mass is 16.1. The lowest BCUT2D eigenvalue weighted by molar-refractivity contribution is 0.631. The molecule has 4 nitrogen and oxygen atoms in total. The minimum absolute atomic E-state index is 0.00250. The fourth-order valence-corrected chi connectivity index (χ4v) is 2.65. The van der Waals surface area contributed by atoms with Gasteiger partial charge in [-0.15, -0.1) is 0 Å². The van der Waals surface area contributed by atoms with Gasteiger partial charge in [-0.1, -0.05) is 36.4 Å². The Bertz CT molecular complexity index is 868. The monoisotopic (exact) mass is 293 g/mol. The Labute approximate surface area is 129 Å². The van der Waals surface area contributed by atoms with Crippen molar-refractivity contribution in [3.8, 4) is 11.4 Å². The molecule has 0 radical (unpaired) electrons. The Kier molecular flexibility index (Phi) is 4.02. The average Bonchev–Trinajstić information content (AvgIpc) is 2.54. The van der Waals surface area contributed by atoms with Crippen molar-refractivity contribution in [1.82, 2.24) is 9.55 Å². The van der Waals surface area contributed by atoms with Gasteiger partial charge in [-0.05, 0) is 37.6 Å². The lowest BCUT2D eigenvalue weighted by Crippen LogP contribution is -2.25. The molecule has 0 unspecified atom stereocenters. The standard InChI is InChI=1S/C18H19N3O/c1-13-7-2-3-8-14(13)17-20-16-10-5-4-9-15(16)18(22)21(17)12-6-11-19/h2-5,7-10H,6,11-12,19H2,1H3. The van der Waals surface area contributed by atoms with Crippen LogP contribution in [0.15, 0.2) is 53.3 Å². The van der Waals surface area contributed by atoms with Crippen molar-refractivity contribution in [3.05, 3.63) is 64.4 Å². The predicted molar refractivity (Wildman–Crippen MR) is 89.8 cm³/mol. The first kappa shape index (κ1) is 14.5. The van der Waals surface area contributed by atoms with E-state index in [1.807, 2.05) is 55.5 Å². The zero-order chi connectivity index (χ0) is 15.5. The van der Waals surface area contributed by atoms with Crippen LogP contribution in [0.4, 0.5) is 0 Å². The van der Waals surface area contributed by atoms with Gasteiger partial charge in [0.1, 0.15) is 5.82 Å². The van der Waals surface area contributed by atoms with Crippen LogP contribution in [0.25, 0.3) is 22.3 Å². The summed E-state index contributed by atoms with van der Waals surface area (Å²) in [7, 11) is 0. The molecule has 2 aromatic carbocycles. The molecular formula is C18H19N3O. The smallest absolute Gasteiger partial charge is 0.261 e. The van der Waals surface area contributed by atoms with E-state index >= 15 is 0 Å². The van der Waals surface area contributed by atoms with Crippen LogP contribution in [0.1, 0.15) is 12.0 Å². The highest BCUT2D eigenvalue weighted by Crippen LogP contribution is 2.22. The molecule has 1 aromatic heterocycles. The Hall–Kier alpha value is -2.46. The molecule has 0 fully saturated rings. The summed E-state index contributed by atoms with van der Waals surface area (Å²) in [6.45, 7) is 3.16. The van der Waals surface area contributed by atoms with Gasteiger partial charge in [-0.2, -0.15) is 0 Å². The molecule has 0 saturated carbocycles. The zero-order valence-electron chi connectivity index (χ0n) is 12.6. The fourth-order valence-electron chi connectivity index (χ4n) is 2.65. The summed E-state index contributed by atoms with van der Waals surface area (Å²) >= 11 is 0. The van der Waals surface area contributed by atoms with Gasteiger partial charge in [0.05, 0.1) is 10.9 Å². The number of rotatable bonds is 4. The molecule has 0 spiro atoms. The summed E-state index contributed by atoms with van der Waals surface area (Å²) in [6.07, 6.45) is 0.749. The van der Waals surface area contributed by atoms with Gasteiger partial charge >= 0.3 is 0 Å². The van der Waals surface area contributed by atoms with E-state index in [4.69, 9.17) is 10.7 Å². The zero-order valence-corrected chi connectivity index (χ0v) is 12.6. The molecule has 0 atom stereocenters. The predicted octanol–water partition coefficient (Wildman–Crippen LogP) is 2.72. The third-order valence-electron chi connectivity index (χ3n) is 3.83. The van der Waals surface area contributed by atoms with Crippen molar-refractivity contribution in [1.29, 1.82) is 0 Å². The maximum absolute atomic E-state index is 12.8. The van der Waals surface area contributed by atoms with E-state index in [0.717, 1.165) is 28.9 Å². The lowest BCUT2D eigenvalue weighted by Gasteiger charge is -2.14. The Morgan fingerprint density at radius 2 is 1.82 bits per heavy atom. The summed E-state index contributed by atoms with van der Waals surface area (Å²) < 4.78 is 1.75. The number of nitrogens with zero attached hydrogens (tertiary/aromatic N) is 2. The highest BCUT2D eigenvalue weighted by molar-refractivity contribution is 5.80. The molecule has 1 heterocycles. The van der Waals surface area contributed by atoms with Crippen LogP contribution in [0.2, 0.25) is 0 Å². The molecule has 0 bridgehead atoms. The Morgan fingerprint density at radius 1 is 1.09 bits per heavy atom. The molecule has 0 saturated heterocycles. The molecule has 0 aliphatic heterocycles.